The van der Waals surface area contributed by atoms with Crippen LogP contribution in [0.2, 0.25) is 0 Å². The number of carbonyl (C=O) groups excluding carboxylic acids is 1. The van der Waals surface area contributed by atoms with Gasteiger partial charge in [0, 0.05) is 0 Å². The van der Waals surface area contributed by atoms with Crippen LogP contribution in [0.1, 0.15) is 21.7 Å². The van der Waals surface area contributed by atoms with E-state index >= 15 is 0 Å². The van der Waals surface area contributed by atoms with E-state index in [4.69, 9.17) is 34.8 Å². The number of nitrogens with zero attached hydrogens (tertiary/aromatic N) is 3. The number of benzene rings is 1. The predicted molar refractivity (Wildman–Crippen MR) is 70.2 cm³/mol. The van der Waals surface area contributed by atoms with Crippen LogP contribution in [0.25, 0.3) is 0 Å². The van der Waals surface area contributed by atoms with Crippen LogP contribution >= 0.6 is 34.8 Å². The van der Waals surface area contributed by atoms with Gasteiger partial charge in [0.25, 0.3) is 0 Å². The number of aldehydes is 1. The molecule has 0 aliphatic carbocycles. The van der Waals surface area contributed by atoms with Gasteiger partial charge in [-0.25, -0.2) is 4.68 Å². The van der Waals surface area contributed by atoms with Crippen LogP contribution in [-0.4, -0.2) is 21.3 Å². The highest BCUT2D eigenvalue weighted by Gasteiger charge is 2.32. The molecule has 0 atom stereocenters. The van der Waals surface area contributed by atoms with Crippen LogP contribution in [-0.2, 0) is 10.3 Å². The molecule has 0 N–H and O–H groups in total. The van der Waals surface area contributed by atoms with Crippen LogP contribution in [0.3, 0.4) is 0 Å². The molecule has 1 aromatic carbocycles. The molecule has 7 heteroatoms. The monoisotopic (exact) mass is 303 g/mol. The largest absolute Gasteiger partial charge is 0.296 e. The van der Waals surface area contributed by atoms with Crippen LogP contribution in [0, 0.1) is 0 Å². The molecule has 0 amide bonds. The first-order valence-corrected chi connectivity index (χ1v) is 6.15. The molecule has 0 saturated carbocycles. The molecule has 0 saturated heterocycles. The summed E-state index contributed by atoms with van der Waals surface area (Å²) >= 11 is 17.5. The van der Waals surface area contributed by atoms with Gasteiger partial charge >= 0.3 is 0 Å². The van der Waals surface area contributed by atoms with E-state index in [1.165, 1.54) is 4.68 Å². The molecule has 18 heavy (non-hydrogen) atoms. The zero-order valence-electron chi connectivity index (χ0n) is 9.05. The van der Waals surface area contributed by atoms with Crippen molar-refractivity contribution in [2.45, 2.75) is 10.3 Å². The zero-order chi connectivity index (χ0) is 13.2. The number of hydrogen-bond acceptors (Lipinski definition) is 3. The Kier molecular flexibility index (Phi) is 3.90. The van der Waals surface area contributed by atoms with Crippen LogP contribution in [0.5, 0.6) is 0 Å². The fraction of sp³-hybridized carbons (Fsp3) is 0.182. The molecule has 1 aromatic heterocycles. The Morgan fingerprint density at radius 3 is 2.44 bits per heavy atom. The summed E-state index contributed by atoms with van der Waals surface area (Å²) < 4.78 is -0.333. The minimum atomic E-state index is -1.74. The van der Waals surface area contributed by atoms with Crippen molar-refractivity contribution < 1.29 is 4.79 Å². The lowest BCUT2D eigenvalue weighted by Gasteiger charge is -2.13. The van der Waals surface area contributed by atoms with E-state index in [0.29, 0.717) is 12.8 Å². The molecule has 0 unspecified atom stereocenters. The summed E-state index contributed by atoms with van der Waals surface area (Å²) in [5.74, 6) is 0. The average molecular weight is 305 g/mol. The third-order valence-electron chi connectivity index (χ3n) is 2.32. The number of alkyl halides is 3. The number of aromatic nitrogens is 3. The summed E-state index contributed by atoms with van der Waals surface area (Å²) in [6.07, 6.45) is 0.520. The van der Waals surface area contributed by atoms with Crippen molar-refractivity contribution in [3.05, 3.63) is 47.3 Å². The molecule has 0 spiro atoms. The van der Waals surface area contributed by atoms with Crippen molar-refractivity contribution in [2.75, 3.05) is 0 Å². The summed E-state index contributed by atoms with van der Waals surface area (Å²) in [6.45, 7) is 0.380. The number of hydrogen-bond donors (Lipinski definition) is 0. The van der Waals surface area contributed by atoms with E-state index in [9.17, 15) is 4.79 Å². The van der Waals surface area contributed by atoms with Crippen LogP contribution in [0.15, 0.2) is 30.3 Å². The van der Waals surface area contributed by atoms with Gasteiger partial charge in [-0.1, -0.05) is 70.3 Å². The van der Waals surface area contributed by atoms with Crippen LogP contribution < -0.4 is 0 Å². The maximum atomic E-state index is 10.8. The van der Waals surface area contributed by atoms with Crippen LogP contribution in [0.4, 0.5) is 0 Å². The van der Waals surface area contributed by atoms with E-state index < -0.39 is 3.79 Å². The Hall–Kier alpha value is -1.10. The third-order valence-corrected chi connectivity index (χ3v) is 2.85. The highest BCUT2D eigenvalue weighted by molar-refractivity contribution is 6.66. The van der Waals surface area contributed by atoms with Gasteiger partial charge in [0.15, 0.2) is 12.0 Å². The van der Waals surface area contributed by atoms with Crippen molar-refractivity contribution >= 4 is 41.1 Å². The molecule has 2 rings (SSSR count). The standard InChI is InChI=1S/C11H8Cl3N3O/c12-11(13,14)10-9(7-18)15-16-17(10)6-8-4-2-1-3-5-8/h1-5,7H,6H2. The fourth-order valence-electron chi connectivity index (χ4n) is 1.56. The normalized spacial score (nSPS) is 11.5. The summed E-state index contributed by atoms with van der Waals surface area (Å²) in [5, 5.41) is 7.52. The molecule has 0 fully saturated rings. The molecular weight excluding hydrogens is 296 g/mol. The molecule has 0 radical (unpaired) electrons. The van der Waals surface area contributed by atoms with Gasteiger partial charge in [-0.05, 0) is 5.56 Å². The van der Waals surface area contributed by atoms with E-state index in [1.54, 1.807) is 0 Å². The van der Waals surface area contributed by atoms with Gasteiger partial charge in [0.05, 0.1) is 6.54 Å². The molecule has 1 heterocycles. The lowest BCUT2D eigenvalue weighted by molar-refractivity contribution is 0.111. The van der Waals surface area contributed by atoms with E-state index in [-0.39, 0.29) is 11.4 Å². The second-order valence-electron chi connectivity index (χ2n) is 3.58. The van der Waals surface area contributed by atoms with Crippen molar-refractivity contribution in [1.82, 2.24) is 15.0 Å². The Morgan fingerprint density at radius 2 is 1.89 bits per heavy atom. The molecule has 94 valence electrons. The first kappa shape index (κ1) is 13.3. The first-order chi connectivity index (χ1) is 8.52. The molecule has 0 aliphatic rings. The molecule has 0 bridgehead atoms. The minimum absolute atomic E-state index is 0.0333. The molecular formula is C11H8Cl3N3O. The van der Waals surface area contributed by atoms with E-state index in [1.807, 2.05) is 30.3 Å². The quantitative estimate of drug-likeness (QED) is 0.647. The highest BCUT2D eigenvalue weighted by atomic mass is 35.6. The van der Waals surface area contributed by atoms with E-state index in [0.717, 1.165) is 5.56 Å². The van der Waals surface area contributed by atoms with Gasteiger partial charge in [-0.3, -0.25) is 4.79 Å². The van der Waals surface area contributed by atoms with Crippen molar-refractivity contribution in [3.8, 4) is 0 Å². The maximum Gasteiger partial charge on any atom is 0.234 e. The summed E-state index contributed by atoms with van der Waals surface area (Å²) in [5.41, 5.74) is 1.17. The summed E-state index contributed by atoms with van der Waals surface area (Å²) in [4.78, 5) is 10.8. The molecule has 0 aliphatic heterocycles. The summed E-state index contributed by atoms with van der Waals surface area (Å²) in [6, 6.07) is 9.50. The van der Waals surface area contributed by atoms with Crippen molar-refractivity contribution in [3.63, 3.8) is 0 Å². The smallest absolute Gasteiger partial charge is 0.234 e. The fourth-order valence-corrected chi connectivity index (χ4v) is 2.15. The predicted octanol–water partition coefficient (Wildman–Crippen LogP) is 2.97. The molecule has 4 nitrogen and oxygen atoms in total. The van der Waals surface area contributed by atoms with Gasteiger partial charge in [0.1, 0.15) is 5.69 Å². The average Bonchev–Trinajstić information content (AvgIpc) is 2.73. The summed E-state index contributed by atoms with van der Waals surface area (Å²) in [7, 11) is 0. The first-order valence-electron chi connectivity index (χ1n) is 5.02. The van der Waals surface area contributed by atoms with Gasteiger partial charge < -0.3 is 0 Å². The lowest BCUT2D eigenvalue weighted by atomic mass is 10.2. The van der Waals surface area contributed by atoms with Crippen molar-refractivity contribution in [2.24, 2.45) is 0 Å². The topological polar surface area (TPSA) is 47.8 Å². The maximum absolute atomic E-state index is 10.8. The van der Waals surface area contributed by atoms with E-state index in [2.05, 4.69) is 10.3 Å². The Labute approximate surface area is 118 Å². The van der Waals surface area contributed by atoms with Crippen molar-refractivity contribution in [1.29, 1.82) is 0 Å². The highest BCUT2D eigenvalue weighted by Crippen LogP contribution is 2.39. The number of rotatable bonds is 3. The Bertz CT molecular complexity index is 548. The SMILES string of the molecule is O=Cc1nnn(Cc2ccccc2)c1C(Cl)(Cl)Cl. The molecule has 2 aromatic rings. The lowest BCUT2D eigenvalue weighted by Crippen LogP contribution is -2.14. The number of halogens is 3. The third kappa shape index (κ3) is 2.83. The second kappa shape index (κ2) is 5.26. The minimum Gasteiger partial charge on any atom is -0.296 e. The van der Waals surface area contributed by atoms with Gasteiger partial charge in [-0.2, -0.15) is 0 Å². The number of carbonyl (C=O) groups is 1. The Balaban J connectivity index is 2.40. The van der Waals surface area contributed by atoms with Gasteiger partial charge in [0.2, 0.25) is 3.79 Å². The second-order valence-corrected chi connectivity index (χ2v) is 5.86. The zero-order valence-corrected chi connectivity index (χ0v) is 11.3. The Morgan fingerprint density at radius 1 is 1.22 bits per heavy atom. The van der Waals surface area contributed by atoms with Gasteiger partial charge in [-0.15, -0.1) is 5.10 Å².